The van der Waals surface area contributed by atoms with Crippen LogP contribution < -0.4 is 10.1 Å². The summed E-state index contributed by atoms with van der Waals surface area (Å²) in [6, 6.07) is 6.22. The minimum absolute atomic E-state index is 0.594. The first kappa shape index (κ1) is 16.3. The van der Waals surface area contributed by atoms with E-state index in [1.54, 1.807) is 18.9 Å². The summed E-state index contributed by atoms with van der Waals surface area (Å²) >= 11 is 1.68. The molecule has 19 heavy (non-hydrogen) atoms. The fourth-order valence-electron chi connectivity index (χ4n) is 1.93. The molecule has 0 fully saturated rings. The Balaban J connectivity index is 2.59. The molecule has 0 saturated carbocycles. The average Bonchev–Trinajstić information content (AvgIpc) is 2.46. The summed E-state index contributed by atoms with van der Waals surface area (Å²) in [6.07, 6.45) is 3.58. The van der Waals surface area contributed by atoms with E-state index in [1.807, 2.05) is 20.1 Å². The van der Waals surface area contributed by atoms with Crippen molar-refractivity contribution < 1.29 is 9.84 Å². The molecule has 0 radical (unpaired) electrons. The predicted molar refractivity (Wildman–Crippen MR) is 82.0 cm³/mol. The van der Waals surface area contributed by atoms with Gasteiger partial charge in [0.25, 0.3) is 0 Å². The molecular formula is C15H25NO2S. The van der Waals surface area contributed by atoms with Crippen LogP contribution in [0.4, 0.5) is 0 Å². The number of hydrogen-bond donors (Lipinski definition) is 2. The quantitative estimate of drug-likeness (QED) is 0.720. The van der Waals surface area contributed by atoms with Gasteiger partial charge in [0.2, 0.25) is 0 Å². The lowest BCUT2D eigenvalue weighted by Crippen LogP contribution is -2.39. The molecule has 0 aromatic heterocycles. The Morgan fingerprint density at radius 2 is 2.00 bits per heavy atom. The second kappa shape index (κ2) is 7.78. The highest BCUT2D eigenvalue weighted by Crippen LogP contribution is 2.28. The summed E-state index contributed by atoms with van der Waals surface area (Å²) in [6.45, 7) is 5.39. The Morgan fingerprint density at radius 1 is 1.32 bits per heavy atom. The van der Waals surface area contributed by atoms with Crippen molar-refractivity contribution in [2.45, 2.75) is 43.7 Å². The van der Waals surface area contributed by atoms with E-state index < -0.39 is 5.60 Å². The summed E-state index contributed by atoms with van der Waals surface area (Å²) in [5.74, 6) is 0.910. The van der Waals surface area contributed by atoms with Gasteiger partial charge in [0.05, 0.1) is 12.7 Å². The molecule has 0 aliphatic carbocycles. The molecule has 1 rings (SSSR count). The van der Waals surface area contributed by atoms with E-state index >= 15 is 0 Å². The van der Waals surface area contributed by atoms with E-state index in [0.29, 0.717) is 6.54 Å². The van der Waals surface area contributed by atoms with Gasteiger partial charge >= 0.3 is 0 Å². The van der Waals surface area contributed by atoms with Crippen molar-refractivity contribution in [1.29, 1.82) is 0 Å². The number of methoxy groups -OCH3 is 1. The van der Waals surface area contributed by atoms with Crippen LogP contribution in [-0.4, -0.2) is 30.6 Å². The lowest BCUT2D eigenvalue weighted by molar-refractivity contribution is 0.0323. The normalized spacial score (nSPS) is 11.6. The maximum Gasteiger partial charge on any atom is 0.132 e. The molecule has 0 amide bonds. The van der Waals surface area contributed by atoms with Gasteiger partial charge in [-0.2, -0.15) is 0 Å². The van der Waals surface area contributed by atoms with E-state index in [-0.39, 0.29) is 0 Å². The average molecular weight is 283 g/mol. The standard InChI is InChI=1S/C15H25NO2S/c1-5-15(17,6-2)11-16-10-12-7-8-14(19-4)13(9-12)18-3/h7-9,16-17H,5-6,10-11H2,1-4H3. The van der Waals surface area contributed by atoms with E-state index in [4.69, 9.17) is 4.74 Å². The molecule has 0 atom stereocenters. The molecule has 0 aliphatic rings. The topological polar surface area (TPSA) is 41.5 Å². The van der Waals surface area contributed by atoms with Gasteiger partial charge in [-0.15, -0.1) is 11.8 Å². The molecule has 0 unspecified atom stereocenters. The second-order valence-corrected chi connectivity index (χ2v) is 5.57. The fourth-order valence-corrected chi connectivity index (χ4v) is 2.48. The molecule has 4 heteroatoms. The maximum atomic E-state index is 10.2. The molecule has 108 valence electrons. The molecule has 0 spiro atoms. The minimum atomic E-state index is -0.594. The SMILES string of the molecule is CCC(O)(CC)CNCc1ccc(SC)c(OC)c1. The Bertz CT molecular complexity index is 392. The Kier molecular flexibility index (Phi) is 6.69. The smallest absolute Gasteiger partial charge is 0.132 e. The molecule has 1 aromatic carbocycles. The van der Waals surface area contributed by atoms with Crippen molar-refractivity contribution in [3.8, 4) is 5.75 Å². The van der Waals surface area contributed by atoms with Crippen LogP contribution in [0.2, 0.25) is 0 Å². The highest BCUT2D eigenvalue weighted by Gasteiger charge is 2.21. The fraction of sp³-hybridized carbons (Fsp3) is 0.600. The van der Waals surface area contributed by atoms with Crippen LogP contribution >= 0.6 is 11.8 Å². The zero-order valence-electron chi connectivity index (χ0n) is 12.3. The number of hydrogen-bond acceptors (Lipinski definition) is 4. The van der Waals surface area contributed by atoms with E-state index in [2.05, 4.69) is 23.5 Å². The van der Waals surface area contributed by atoms with Gasteiger partial charge in [-0.05, 0) is 36.8 Å². The zero-order chi connectivity index (χ0) is 14.3. The van der Waals surface area contributed by atoms with E-state index in [0.717, 1.165) is 30.0 Å². The predicted octanol–water partition coefficient (Wildman–Crippen LogP) is 3.06. The van der Waals surface area contributed by atoms with Crippen LogP contribution in [-0.2, 0) is 6.54 Å². The second-order valence-electron chi connectivity index (χ2n) is 4.72. The maximum absolute atomic E-state index is 10.2. The molecule has 0 aliphatic heterocycles. The van der Waals surface area contributed by atoms with E-state index in [1.165, 1.54) is 5.56 Å². The number of rotatable bonds is 8. The number of thioether (sulfide) groups is 1. The van der Waals surface area contributed by atoms with E-state index in [9.17, 15) is 5.11 Å². The van der Waals surface area contributed by atoms with Crippen molar-refractivity contribution in [1.82, 2.24) is 5.32 Å². The summed E-state index contributed by atoms with van der Waals surface area (Å²) in [5, 5.41) is 13.5. The molecule has 1 aromatic rings. The van der Waals surface area contributed by atoms with Crippen molar-refractivity contribution in [2.24, 2.45) is 0 Å². The third-order valence-corrected chi connectivity index (χ3v) is 4.32. The molecular weight excluding hydrogens is 258 g/mol. The number of ether oxygens (including phenoxy) is 1. The van der Waals surface area contributed by atoms with Gasteiger partial charge in [0, 0.05) is 18.0 Å². The van der Waals surface area contributed by atoms with Gasteiger partial charge in [0.15, 0.2) is 0 Å². The van der Waals surface area contributed by atoms with Crippen LogP contribution in [0.15, 0.2) is 23.1 Å². The van der Waals surface area contributed by atoms with Crippen LogP contribution in [0.3, 0.4) is 0 Å². The third kappa shape index (κ3) is 4.71. The number of aliphatic hydroxyl groups is 1. The molecule has 3 nitrogen and oxygen atoms in total. The third-order valence-electron chi connectivity index (χ3n) is 3.55. The van der Waals surface area contributed by atoms with Crippen LogP contribution in [0.25, 0.3) is 0 Å². The summed E-state index contributed by atoms with van der Waals surface area (Å²) in [4.78, 5) is 1.14. The number of benzene rings is 1. The largest absolute Gasteiger partial charge is 0.496 e. The zero-order valence-corrected chi connectivity index (χ0v) is 13.1. The highest BCUT2D eigenvalue weighted by molar-refractivity contribution is 7.98. The Hall–Kier alpha value is -0.710. The van der Waals surface area contributed by atoms with Crippen molar-refractivity contribution >= 4 is 11.8 Å². The monoisotopic (exact) mass is 283 g/mol. The molecule has 0 bridgehead atoms. The first-order chi connectivity index (χ1) is 9.08. The lowest BCUT2D eigenvalue weighted by atomic mass is 9.97. The molecule has 0 heterocycles. The lowest BCUT2D eigenvalue weighted by Gasteiger charge is -2.25. The van der Waals surface area contributed by atoms with Crippen molar-refractivity contribution in [3.63, 3.8) is 0 Å². The van der Waals surface area contributed by atoms with Gasteiger partial charge < -0.3 is 15.2 Å². The summed E-state index contributed by atoms with van der Waals surface area (Å²) in [7, 11) is 1.69. The first-order valence-corrected chi connectivity index (χ1v) is 7.95. The first-order valence-electron chi connectivity index (χ1n) is 6.72. The molecule has 2 N–H and O–H groups in total. The van der Waals surface area contributed by atoms with Crippen LogP contribution in [0.1, 0.15) is 32.3 Å². The Labute approximate surface area is 120 Å². The van der Waals surface area contributed by atoms with Crippen molar-refractivity contribution in [2.75, 3.05) is 19.9 Å². The molecule has 0 saturated heterocycles. The van der Waals surface area contributed by atoms with Gasteiger partial charge in [-0.25, -0.2) is 0 Å². The van der Waals surface area contributed by atoms with Crippen LogP contribution in [0.5, 0.6) is 5.75 Å². The highest BCUT2D eigenvalue weighted by atomic mass is 32.2. The van der Waals surface area contributed by atoms with Crippen molar-refractivity contribution in [3.05, 3.63) is 23.8 Å². The van der Waals surface area contributed by atoms with Crippen LogP contribution in [0, 0.1) is 0 Å². The minimum Gasteiger partial charge on any atom is -0.496 e. The summed E-state index contributed by atoms with van der Waals surface area (Å²) in [5.41, 5.74) is 0.577. The van der Waals surface area contributed by atoms with Gasteiger partial charge in [0.1, 0.15) is 5.75 Å². The number of nitrogens with one attached hydrogen (secondary N) is 1. The Morgan fingerprint density at radius 3 is 2.53 bits per heavy atom. The van der Waals surface area contributed by atoms with Gasteiger partial charge in [-0.3, -0.25) is 0 Å². The van der Waals surface area contributed by atoms with Gasteiger partial charge in [-0.1, -0.05) is 19.9 Å². The summed E-state index contributed by atoms with van der Waals surface area (Å²) < 4.78 is 5.37.